The third-order valence-electron chi connectivity index (χ3n) is 2.60. The molecule has 0 unspecified atom stereocenters. The van der Waals surface area contributed by atoms with Gasteiger partial charge < -0.3 is 10.1 Å². The van der Waals surface area contributed by atoms with Crippen LogP contribution in [-0.4, -0.2) is 31.0 Å². The van der Waals surface area contributed by atoms with Gasteiger partial charge in [0.15, 0.2) is 5.78 Å². The zero-order valence-electron chi connectivity index (χ0n) is 11.4. The molecule has 0 fully saturated rings. The molecule has 1 N–H and O–H groups in total. The second-order valence-electron chi connectivity index (χ2n) is 4.56. The van der Waals surface area contributed by atoms with Crippen LogP contribution in [-0.2, 0) is 0 Å². The Hall–Kier alpha value is -1.42. The molecule has 0 aliphatic carbocycles. The van der Waals surface area contributed by atoms with Crippen LogP contribution < -0.4 is 10.1 Å². The number of hydrogen-bond donors (Lipinski definition) is 1. The lowest BCUT2D eigenvalue weighted by atomic mass is 10.1. The number of unbranched alkanes of at least 4 members (excludes halogenated alkanes) is 1. The SMILES string of the molecule is CNCCCCOc1ccc(C(=O)C(C)C)nc1.[HH]. The molecule has 102 valence electrons. The minimum atomic E-state index is -0.0224. The third kappa shape index (κ3) is 4.84. The molecule has 0 radical (unpaired) electrons. The Morgan fingerprint density at radius 2 is 2.22 bits per heavy atom. The zero-order chi connectivity index (χ0) is 13.4. The maximum atomic E-state index is 11.7. The second kappa shape index (κ2) is 7.82. The van der Waals surface area contributed by atoms with Crippen molar-refractivity contribution in [1.29, 1.82) is 0 Å². The fourth-order valence-corrected chi connectivity index (χ4v) is 1.50. The predicted octanol–water partition coefficient (Wildman–Crippen LogP) is 2.54. The molecular weight excluding hydrogens is 228 g/mol. The van der Waals surface area contributed by atoms with Crippen molar-refractivity contribution >= 4 is 5.78 Å². The lowest BCUT2D eigenvalue weighted by Gasteiger charge is -2.07. The van der Waals surface area contributed by atoms with Crippen LogP contribution in [0.2, 0.25) is 0 Å². The molecule has 0 spiro atoms. The third-order valence-corrected chi connectivity index (χ3v) is 2.60. The molecule has 18 heavy (non-hydrogen) atoms. The van der Waals surface area contributed by atoms with E-state index in [4.69, 9.17) is 4.74 Å². The molecule has 1 aromatic heterocycles. The van der Waals surface area contributed by atoms with E-state index < -0.39 is 0 Å². The molecule has 0 aliphatic rings. The van der Waals surface area contributed by atoms with Gasteiger partial charge in [-0.05, 0) is 38.6 Å². The van der Waals surface area contributed by atoms with E-state index in [2.05, 4.69) is 10.3 Å². The average Bonchev–Trinajstić information content (AvgIpc) is 2.38. The minimum absolute atomic E-state index is 0. The standard InChI is InChI=1S/C14H22N2O2.H2/c1-11(2)14(17)13-7-6-12(10-16-13)18-9-5-4-8-15-3;/h6-7,10-11,15H,4-5,8-9H2,1-3H3;1H. The Bertz CT molecular complexity index is 366. The Morgan fingerprint density at radius 1 is 1.44 bits per heavy atom. The van der Waals surface area contributed by atoms with Gasteiger partial charge in [0.2, 0.25) is 0 Å². The van der Waals surface area contributed by atoms with E-state index in [0.29, 0.717) is 12.3 Å². The number of ether oxygens (including phenoxy) is 1. The van der Waals surface area contributed by atoms with Gasteiger partial charge in [0.1, 0.15) is 11.4 Å². The lowest BCUT2D eigenvalue weighted by molar-refractivity contribution is 0.0934. The van der Waals surface area contributed by atoms with Gasteiger partial charge in [-0.3, -0.25) is 4.79 Å². The molecule has 1 aromatic rings. The number of Topliss-reactive ketones (excluding diaryl/α,β-unsaturated/α-hetero) is 1. The van der Waals surface area contributed by atoms with Gasteiger partial charge in [0, 0.05) is 7.34 Å². The number of nitrogens with one attached hydrogen (secondary N) is 1. The van der Waals surface area contributed by atoms with Crippen molar-refractivity contribution in [2.24, 2.45) is 5.92 Å². The Labute approximate surface area is 110 Å². The van der Waals surface area contributed by atoms with Crippen molar-refractivity contribution in [1.82, 2.24) is 10.3 Å². The maximum Gasteiger partial charge on any atom is 0.183 e. The van der Waals surface area contributed by atoms with Gasteiger partial charge in [-0.15, -0.1) is 0 Å². The number of ketones is 1. The number of aromatic nitrogens is 1. The number of pyridine rings is 1. The summed E-state index contributed by atoms with van der Waals surface area (Å²) >= 11 is 0. The summed E-state index contributed by atoms with van der Waals surface area (Å²) in [5.41, 5.74) is 0.507. The first-order valence-electron chi connectivity index (χ1n) is 6.43. The van der Waals surface area contributed by atoms with E-state index in [1.54, 1.807) is 18.3 Å². The summed E-state index contributed by atoms with van der Waals surface area (Å²) in [6, 6.07) is 3.53. The van der Waals surface area contributed by atoms with Crippen molar-refractivity contribution in [3.05, 3.63) is 24.0 Å². The number of nitrogens with zero attached hydrogens (tertiary/aromatic N) is 1. The first-order chi connectivity index (χ1) is 8.65. The predicted molar refractivity (Wildman–Crippen MR) is 74.2 cm³/mol. The van der Waals surface area contributed by atoms with Crippen LogP contribution in [0, 0.1) is 5.92 Å². The van der Waals surface area contributed by atoms with Crippen LogP contribution in [0.25, 0.3) is 0 Å². The van der Waals surface area contributed by atoms with Gasteiger partial charge in [0.05, 0.1) is 12.8 Å². The van der Waals surface area contributed by atoms with Crippen LogP contribution in [0.3, 0.4) is 0 Å². The van der Waals surface area contributed by atoms with E-state index in [1.807, 2.05) is 20.9 Å². The smallest absolute Gasteiger partial charge is 0.183 e. The molecule has 1 rings (SSSR count). The van der Waals surface area contributed by atoms with Crippen LogP contribution in [0.5, 0.6) is 5.75 Å². The number of hydrogen-bond acceptors (Lipinski definition) is 4. The molecule has 4 nitrogen and oxygen atoms in total. The molecule has 0 saturated carbocycles. The molecule has 0 bridgehead atoms. The number of carbonyl (C=O) groups is 1. The molecule has 4 heteroatoms. The highest BCUT2D eigenvalue weighted by Crippen LogP contribution is 2.12. The van der Waals surface area contributed by atoms with E-state index in [1.165, 1.54) is 0 Å². The fraction of sp³-hybridized carbons (Fsp3) is 0.571. The Balaban J connectivity index is 0.00000324. The Kier molecular flexibility index (Phi) is 6.36. The molecule has 0 aliphatic heterocycles. The Morgan fingerprint density at radius 3 is 2.78 bits per heavy atom. The highest BCUT2D eigenvalue weighted by Gasteiger charge is 2.11. The minimum Gasteiger partial charge on any atom is -0.492 e. The second-order valence-corrected chi connectivity index (χ2v) is 4.56. The maximum absolute atomic E-state index is 11.7. The van der Waals surface area contributed by atoms with Gasteiger partial charge in [-0.25, -0.2) is 4.98 Å². The molecule has 1 heterocycles. The number of carbonyl (C=O) groups excluding carboxylic acids is 1. The summed E-state index contributed by atoms with van der Waals surface area (Å²) in [6.45, 7) is 5.43. The van der Waals surface area contributed by atoms with Crippen molar-refractivity contribution < 1.29 is 11.0 Å². The summed E-state index contributed by atoms with van der Waals surface area (Å²) in [7, 11) is 1.94. The van der Waals surface area contributed by atoms with E-state index >= 15 is 0 Å². The highest BCUT2D eigenvalue weighted by molar-refractivity contribution is 5.95. The monoisotopic (exact) mass is 252 g/mol. The summed E-state index contributed by atoms with van der Waals surface area (Å²) in [4.78, 5) is 15.8. The van der Waals surface area contributed by atoms with Crippen LogP contribution in [0.15, 0.2) is 18.3 Å². The first kappa shape index (κ1) is 14.6. The normalized spacial score (nSPS) is 10.7. The topological polar surface area (TPSA) is 51.2 Å². The van der Waals surface area contributed by atoms with E-state index in [9.17, 15) is 4.79 Å². The van der Waals surface area contributed by atoms with E-state index in [0.717, 1.165) is 25.1 Å². The molecule has 0 saturated heterocycles. The first-order valence-corrected chi connectivity index (χ1v) is 6.43. The van der Waals surface area contributed by atoms with Gasteiger partial charge >= 0.3 is 0 Å². The van der Waals surface area contributed by atoms with Gasteiger partial charge in [-0.2, -0.15) is 0 Å². The van der Waals surface area contributed by atoms with Crippen LogP contribution in [0.1, 0.15) is 38.6 Å². The lowest BCUT2D eigenvalue weighted by Crippen LogP contribution is -2.10. The van der Waals surface area contributed by atoms with Gasteiger partial charge in [-0.1, -0.05) is 13.8 Å². The summed E-state index contributed by atoms with van der Waals surface area (Å²) in [5, 5.41) is 3.09. The molecule has 0 aromatic carbocycles. The van der Waals surface area contributed by atoms with Gasteiger partial charge in [0.25, 0.3) is 0 Å². The number of rotatable bonds is 8. The summed E-state index contributed by atoms with van der Waals surface area (Å²) < 4.78 is 5.55. The molecule has 0 amide bonds. The molecular formula is C14H24N2O2. The average molecular weight is 252 g/mol. The van der Waals surface area contributed by atoms with Crippen LogP contribution in [0.4, 0.5) is 0 Å². The van der Waals surface area contributed by atoms with Crippen molar-refractivity contribution in [2.45, 2.75) is 26.7 Å². The zero-order valence-corrected chi connectivity index (χ0v) is 11.4. The van der Waals surface area contributed by atoms with Crippen molar-refractivity contribution in [2.75, 3.05) is 20.2 Å². The fourth-order valence-electron chi connectivity index (χ4n) is 1.50. The highest BCUT2D eigenvalue weighted by atomic mass is 16.5. The quantitative estimate of drug-likeness (QED) is 0.570. The van der Waals surface area contributed by atoms with Crippen molar-refractivity contribution in [3.8, 4) is 5.75 Å². The summed E-state index contributed by atoms with van der Waals surface area (Å²) in [6.07, 6.45) is 3.72. The summed E-state index contributed by atoms with van der Waals surface area (Å²) in [5.74, 6) is 0.765. The largest absolute Gasteiger partial charge is 0.492 e. The van der Waals surface area contributed by atoms with Crippen molar-refractivity contribution in [3.63, 3.8) is 0 Å². The van der Waals surface area contributed by atoms with E-state index in [-0.39, 0.29) is 13.1 Å². The molecule has 0 atom stereocenters. The van der Waals surface area contributed by atoms with Crippen LogP contribution >= 0.6 is 0 Å².